The van der Waals surface area contributed by atoms with Crippen LogP contribution in [0.15, 0.2) is 59.1 Å². The van der Waals surface area contributed by atoms with E-state index in [1.54, 1.807) is 12.0 Å². The van der Waals surface area contributed by atoms with Gasteiger partial charge in [0, 0.05) is 34.9 Å². The standard InChI is InChI=1S/C28H31BrN4O3.2ClH/c1-17(31-21-14-30-15-21)27(34)32-24-11-7-18-5-3-4-6-25(18)33(28(24)35)16-23-22-10-9-20(29)13-19(22)8-12-26(23)36-2;;/h3-6,8-10,12-13,17,21,24,30-31H,7,11,14-16H2,1-2H3,(H,32,34);2*1H. The van der Waals surface area contributed by atoms with Crippen LogP contribution in [0.5, 0.6) is 5.75 Å². The SMILES string of the molecule is COc1ccc2cc(Br)ccc2c1CN1C(=O)C(NC(=O)C(C)NC2CNC2)CCc2ccccc21.Cl.Cl. The molecule has 0 bridgehead atoms. The van der Waals surface area contributed by atoms with E-state index in [1.165, 1.54) is 0 Å². The molecule has 0 spiro atoms. The molecule has 38 heavy (non-hydrogen) atoms. The van der Waals surface area contributed by atoms with Gasteiger partial charge in [-0.25, -0.2) is 0 Å². The molecule has 2 aliphatic rings. The van der Waals surface area contributed by atoms with Crippen molar-refractivity contribution in [2.75, 3.05) is 25.1 Å². The number of fused-ring (bicyclic) bond motifs is 2. The van der Waals surface area contributed by atoms with E-state index in [1.807, 2.05) is 49.4 Å². The van der Waals surface area contributed by atoms with Crippen molar-refractivity contribution in [3.8, 4) is 5.75 Å². The van der Waals surface area contributed by atoms with Crippen LogP contribution in [-0.4, -0.2) is 50.1 Å². The van der Waals surface area contributed by atoms with E-state index in [2.05, 4.69) is 44.0 Å². The predicted molar refractivity (Wildman–Crippen MR) is 160 cm³/mol. The third kappa shape index (κ3) is 6.26. The van der Waals surface area contributed by atoms with Crippen molar-refractivity contribution in [2.24, 2.45) is 0 Å². The summed E-state index contributed by atoms with van der Waals surface area (Å²) < 4.78 is 6.71. The molecule has 1 saturated heterocycles. The maximum atomic E-state index is 14.0. The van der Waals surface area contributed by atoms with Crippen LogP contribution < -0.4 is 25.6 Å². The smallest absolute Gasteiger partial charge is 0.249 e. The molecule has 2 atom stereocenters. The molecule has 3 aromatic rings. The molecule has 1 fully saturated rings. The summed E-state index contributed by atoms with van der Waals surface area (Å²) in [6, 6.07) is 17.4. The summed E-state index contributed by atoms with van der Waals surface area (Å²) in [6.07, 6.45) is 1.26. The molecule has 0 radical (unpaired) electrons. The summed E-state index contributed by atoms with van der Waals surface area (Å²) in [5.74, 6) is 0.465. The van der Waals surface area contributed by atoms with Crippen LogP contribution in [0, 0.1) is 0 Å². The van der Waals surface area contributed by atoms with E-state index in [9.17, 15) is 9.59 Å². The summed E-state index contributed by atoms with van der Waals surface area (Å²) in [6.45, 7) is 3.89. The van der Waals surface area contributed by atoms with E-state index in [-0.39, 0.29) is 48.7 Å². The van der Waals surface area contributed by atoms with Gasteiger partial charge in [-0.15, -0.1) is 24.8 Å². The number of rotatable bonds is 7. The van der Waals surface area contributed by atoms with Crippen molar-refractivity contribution in [2.45, 2.75) is 44.4 Å². The second kappa shape index (κ2) is 13.1. The number of halogens is 3. The highest BCUT2D eigenvalue weighted by Crippen LogP contribution is 2.35. The first-order valence-corrected chi connectivity index (χ1v) is 13.2. The first kappa shape index (κ1) is 30.2. The van der Waals surface area contributed by atoms with Gasteiger partial charge in [0.25, 0.3) is 0 Å². The Labute approximate surface area is 244 Å². The number of nitrogens with one attached hydrogen (secondary N) is 3. The average molecular weight is 624 g/mol. The fourth-order valence-electron chi connectivity index (χ4n) is 5.00. The Morgan fingerprint density at radius 1 is 1.16 bits per heavy atom. The second-order valence-corrected chi connectivity index (χ2v) is 10.4. The van der Waals surface area contributed by atoms with Crippen molar-refractivity contribution in [3.63, 3.8) is 0 Å². The molecule has 2 aliphatic heterocycles. The molecule has 2 heterocycles. The minimum Gasteiger partial charge on any atom is -0.496 e. The van der Waals surface area contributed by atoms with Gasteiger partial charge in [0.2, 0.25) is 11.8 Å². The number of carbonyl (C=O) groups excluding carboxylic acids is 2. The Balaban J connectivity index is 0.00000200. The summed E-state index contributed by atoms with van der Waals surface area (Å²) in [7, 11) is 1.65. The van der Waals surface area contributed by atoms with Crippen LogP contribution in [-0.2, 0) is 22.6 Å². The lowest BCUT2D eigenvalue weighted by molar-refractivity contribution is -0.128. The zero-order valence-electron chi connectivity index (χ0n) is 21.3. The van der Waals surface area contributed by atoms with Crippen molar-refractivity contribution in [1.29, 1.82) is 0 Å². The molecule has 2 amide bonds. The molecule has 2 unspecified atom stereocenters. The second-order valence-electron chi connectivity index (χ2n) is 9.51. The predicted octanol–water partition coefficient (Wildman–Crippen LogP) is 4.37. The molecular weight excluding hydrogens is 591 g/mol. The number of aryl methyl sites for hydroxylation is 1. The Hall–Kier alpha value is -2.36. The quantitative estimate of drug-likeness (QED) is 0.364. The molecule has 0 saturated carbocycles. The van der Waals surface area contributed by atoms with Gasteiger partial charge in [0.1, 0.15) is 11.8 Å². The highest BCUT2D eigenvalue weighted by Gasteiger charge is 2.33. The Morgan fingerprint density at radius 2 is 1.92 bits per heavy atom. The normalized spacial score (nSPS) is 17.8. The van der Waals surface area contributed by atoms with Crippen molar-refractivity contribution >= 4 is 69.0 Å². The van der Waals surface area contributed by atoms with Crippen LogP contribution in [0.4, 0.5) is 5.69 Å². The van der Waals surface area contributed by atoms with E-state index in [4.69, 9.17) is 4.74 Å². The zero-order chi connectivity index (χ0) is 25.2. The fourth-order valence-corrected chi connectivity index (χ4v) is 5.38. The molecule has 0 aliphatic carbocycles. The van der Waals surface area contributed by atoms with Crippen LogP contribution in [0.2, 0.25) is 0 Å². The molecular formula is C28H33BrCl2N4O3. The Bertz CT molecular complexity index is 1300. The average Bonchev–Trinajstić information content (AvgIpc) is 2.98. The molecule has 7 nitrogen and oxygen atoms in total. The van der Waals surface area contributed by atoms with Gasteiger partial charge in [-0.1, -0.05) is 46.3 Å². The first-order valence-electron chi connectivity index (χ1n) is 12.4. The number of hydrogen-bond donors (Lipinski definition) is 3. The van der Waals surface area contributed by atoms with Crippen molar-refractivity contribution in [1.82, 2.24) is 16.0 Å². The lowest BCUT2D eigenvalue weighted by atomic mass is 10.0. The molecule has 10 heteroatoms. The minimum atomic E-state index is -0.608. The monoisotopic (exact) mass is 622 g/mol. The van der Waals surface area contributed by atoms with E-state index >= 15 is 0 Å². The fraction of sp³-hybridized carbons (Fsp3) is 0.357. The summed E-state index contributed by atoms with van der Waals surface area (Å²) >= 11 is 3.55. The Kier molecular flexibility index (Phi) is 10.4. The molecule has 0 aromatic heterocycles. The van der Waals surface area contributed by atoms with Gasteiger partial charge in [-0.2, -0.15) is 0 Å². The third-order valence-electron chi connectivity index (χ3n) is 7.11. The summed E-state index contributed by atoms with van der Waals surface area (Å²) in [4.78, 5) is 28.8. The van der Waals surface area contributed by atoms with Crippen LogP contribution in [0.3, 0.4) is 0 Å². The lowest BCUT2D eigenvalue weighted by Gasteiger charge is -2.32. The van der Waals surface area contributed by atoms with Crippen LogP contribution in [0.25, 0.3) is 10.8 Å². The maximum Gasteiger partial charge on any atom is 0.249 e. The van der Waals surface area contributed by atoms with Gasteiger partial charge in [0.05, 0.1) is 19.7 Å². The van der Waals surface area contributed by atoms with Gasteiger partial charge in [-0.3, -0.25) is 9.59 Å². The Morgan fingerprint density at radius 3 is 2.63 bits per heavy atom. The number of methoxy groups -OCH3 is 1. The largest absolute Gasteiger partial charge is 0.496 e. The number of nitrogens with zero attached hydrogens (tertiary/aromatic N) is 1. The summed E-state index contributed by atoms with van der Waals surface area (Å²) in [5.41, 5.74) is 2.91. The maximum absolute atomic E-state index is 14.0. The van der Waals surface area contributed by atoms with Gasteiger partial charge >= 0.3 is 0 Å². The number of benzene rings is 3. The van der Waals surface area contributed by atoms with Crippen molar-refractivity contribution < 1.29 is 14.3 Å². The van der Waals surface area contributed by atoms with Crippen LogP contribution in [0.1, 0.15) is 24.5 Å². The number of hydrogen-bond acceptors (Lipinski definition) is 5. The van der Waals surface area contributed by atoms with E-state index in [0.717, 1.165) is 50.9 Å². The molecule has 5 rings (SSSR count). The number of ether oxygens (including phenoxy) is 1. The van der Waals surface area contributed by atoms with E-state index in [0.29, 0.717) is 19.4 Å². The molecule has 204 valence electrons. The first-order chi connectivity index (χ1) is 17.4. The van der Waals surface area contributed by atoms with Gasteiger partial charge in [0.15, 0.2) is 0 Å². The number of para-hydroxylation sites is 1. The third-order valence-corrected chi connectivity index (χ3v) is 7.61. The lowest BCUT2D eigenvalue weighted by Crippen LogP contribution is -2.61. The molecule has 3 aromatic carbocycles. The minimum absolute atomic E-state index is 0. The topological polar surface area (TPSA) is 82.7 Å². The molecule has 3 N–H and O–H groups in total. The highest BCUT2D eigenvalue weighted by atomic mass is 79.9. The highest BCUT2D eigenvalue weighted by molar-refractivity contribution is 9.10. The summed E-state index contributed by atoms with van der Waals surface area (Å²) in [5, 5.41) is 11.6. The van der Waals surface area contributed by atoms with Crippen LogP contribution >= 0.6 is 40.7 Å². The van der Waals surface area contributed by atoms with Crippen molar-refractivity contribution in [3.05, 3.63) is 70.2 Å². The van der Waals surface area contributed by atoms with Gasteiger partial charge in [-0.05, 0) is 60.4 Å². The number of carbonyl (C=O) groups is 2. The van der Waals surface area contributed by atoms with E-state index < -0.39 is 6.04 Å². The zero-order valence-corrected chi connectivity index (χ0v) is 24.5. The van der Waals surface area contributed by atoms with Gasteiger partial charge < -0.3 is 25.6 Å². The number of amides is 2. The number of anilines is 1.